The average Bonchev–Trinajstić information content (AvgIpc) is 2.08. The number of hydrogen-bond acceptors (Lipinski definition) is 6. The fourth-order valence-corrected chi connectivity index (χ4v) is 0.856. The standard InChI is InChI=1S/C5H11O6P/c6-1-5(2-7,3-8)4-11-12(9)10/h6-8H,1-4H2. The summed E-state index contributed by atoms with van der Waals surface area (Å²) in [7, 11) is -3.02. The molecule has 6 nitrogen and oxygen atoms in total. The Morgan fingerprint density at radius 1 is 1.25 bits per heavy atom. The van der Waals surface area contributed by atoms with E-state index in [1.807, 2.05) is 0 Å². The number of aliphatic hydroxyl groups is 3. The van der Waals surface area contributed by atoms with Gasteiger partial charge in [-0.15, -0.1) is 4.52 Å². The highest BCUT2D eigenvalue weighted by Crippen LogP contribution is 2.20. The van der Waals surface area contributed by atoms with Gasteiger partial charge in [-0.3, -0.25) is 0 Å². The molecule has 1 atom stereocenters. The van der Waals surface area contributed by atoms with Gasteiger partial charge in [0, 0.05) is 0 Å². The molecule has 0 radical (unpaired) electrons. The van der Waals surface area contributed by atoms with Gasteiger partial charge in [-0.05, 0) is 4.57 Å². The van der Waals surface area contributed by atoms with Crippen molar-refractivity contribution in [2.75, 3.05) is 26.4 Å². The number of hydrogen-bond donors (Lipinski definition) is 3. The molecule has 1 unspecified atom stereocenters. The van der Waals surface area contributed by atoms with Crippen LogP contribution in [-0.2, 0) is 9.09 Å². The van der Waals surface area contributed by atoms with Crippen LogP contribution < -0.4 is 4.89 Å². The molecule has 12 heavy (non-hydrogen) atoms. The van der Waals surface area contributed by atoms with Crippen LogP contribution in [-0.4, -0.2) is 41.7 Å². The topological polar surface area (TPSA) is 110 Å². The summed E-state index contributed by atoms with van der Waals surface area (Å²) in [6.07, 6.45) is 0. The van der Waals surface area contributed by atoms with Crippen molar-refractivity contribution in [1.29, 1.82) is 0 Å². The van der Waals surface area contributed by atoms with Crippen LogP contribution in [0.1, 0.15) is 0 Å². The molecule has 0 aliphatic rings. The molecule has 0 saturated heterocycles. The van der Waals surface area contributed by atoms with E-state index < -0.39 is 40.1 Å². The van der Waals surface area contributed by atoms with Crippen molar-refractivity contribution in [3.63, 3.8) is 0 Å². The zero-order valence-corrected chi connectivity index (χ0v) is 7.24. The first kappa shape index (κ1) is 11.9. The minimum absolute atomic E-state index is 0.421. The summed E-state index contributed by atoms with van der Waals surface area (Å²) in [6.45, 7) is -2.04. The minimum Gasteiger partial charge on any atom is -0.566 e. The molecule has 0 bridgehead atoms. The van der Waals surface area contributed by atoms with Crippen molar-refractivity contribution in [1.82, 2.24) is 0 Å². The van der Waals surface area contributed by atoms with Crippen LogP contribution in [0, 0.1) is 5.41 Å². The first-order chi connectivity index (χ1) is 5.60. The zero-order chi connectivity index (χ0) is 9.61. The second-order valence-corrected chi connectivity index (χ2v) is 3.18. The maximum Gasteiger partial charge on any atom is 0.488 e. The van der Waals surface area contributed by atoms with Crippen LogP contribution in [0.3, 0.4) is 0 Å². The highest BCUT2D eigenvalue weighted by molar-refractivity contribution is 7.30. The van der Waals surface area contributed by atoms with Gasteiger partial charge in [0.1, 0.15) is 6.61 Å². The van der Waals surface area contributed by atoms with E-state index in [2.05, 4.69) is 4.52 Å². The fraction of sp³-hybridized carbons (Fsp3) is 1.00. The van der Waals surface area contributed by atoms with Crippen LogP contribution in [0.5, 0.6) is 0 Å². The van der Waals surface area contributed by atoms with Gasteiger partial charge in [-0.25, -0.2) is 0 Å². The predicted molar refractivity (Wildman–Crippen MR) is 37.2 cm³/mol. The molecule has 0 rings (SSSR count). The second kappa shape index (κ2) is 5.53. The molecule has 0 aromatic rings. The van der Waals surface area contributed by atoms with Crippen molar-refractivity contribution >= 4 is 8.25 Å². The van der Waals surface area contributed by atoms with Crippen LogP contribution >= 0.6 is 8.25 Å². The molecular weight excluding hydrogens is 187 g/mol. The van der Waals surface area contributed by atoms with E-state index in [4.69, 9.17) is 15.3 Å². The lowest BCUT2D eigenvalue weighted by atomic mass is 9.93. The summed E-state index contributed by atoms with van der Waals surface area (Å²) >= 11 is 0. The smallest absolute Gasteiger partial charge is 0.488 e. The van der Waals surface area contributed by atoms with Gasteiger partial charge in [0.25, 0.3) is 0 Å². The summed E-state index contributed by atoms with van der Waals surface area (Å²) < 4.78 is 14.1. The van der Waals surface area contributed by atoms with Crippen LogP contribution in [0.15, 0.2) is 0 Å². The monoisotopic (exact) mass is 198 g/mol. The molecule has 72 valence electrons. The van der Waals surface area contributed by atoms with Crippen molar-refractivity contribution < 1.29 is 29.3 Å². The highest BCUT2D eigenvalue weighted by atomic mass is 31.1. The van der Waals surface area contributed by atoms with Crippen LogP contribution in [0.4, 0.5) is 0 Å². The first-order valence-electron chi connectivity index (χ1n) is 3.20. The summed E-state index contributed by atoms with van der Waals surface area (Å²) in [4.78, 5) is 9.96. The van der Waals surface area contributed by atoms with Gasteiger partial charge in [-0.2, -0.15) is 0 Å². The molecule has 0 heterocycles. The molecule has 7 heteroatoms. The minimum atomic E-state index is -3.02. The SMILES string of the molecule is O=[P+]([O-])OCC(CO)(CO)CO. The molecule has 0 spiro atoms. The van der Waals surface area contributed by atoms with Crippen LogP contribution in [0.2, 0.25) is 0 Å². The van der Waals surface area contributed by atoms with Crippen molar-refractivity contribution in [3.05, 3.63) is 0 Å². The molecular formula is C5H11O6P. The average molecular weight is 198 g/mol. The Labute approximate surface area is 70.4 Å². The van der Waals surface area contributed by atoms with E-state index in [9.17, 15) is 9.46 Å². The fourth-order valence-electron chi connectivity index (χ4n) is 0.477. The van der Waals surface area contributed by atoms with E-state index in [0.29, 0.717) is 0 Å². The quantitative estimate of drug-likeness (QED) is 0.425. The number of rotatable bonds is 6. The van der Waals surface area contributed by atoms with Crippen LogP contribution in [0.25, 0.3) is 0 Å². The molecule has 0 fully saturated rings. The van der Waals surface area contributed by atoms with Gasteiger partial charge < -0.3 is 20.2 Å². The molecule has 0 aliphatic heterocycles. The molecule has 3 N–H and O–H groups in total. The van der Waals surface area contributed by atoms with Gasteiger partial charge in [0.15, 0.2) is 0 Å². The lowest BCUT2D eigenvalue weighted by Gasteiger charge is -2.23. The van der Waals surface area contributed by atoms with E-state index in [1.165, 1.54) is 0 Å². The summed E-state index contributed by atoms with van der Waals surface area (Å²) in [5, 5.41) is 26.1. The Morgan fingerprint density at radius 2 is 1.67 bits per heavy atom. The third kappa shape index (κ3) is 3.53. The molecule has 0 saturated carbocycles. The van der Waals surface area contributed by atoms with Crippen molar-refractivity contribution in [3.8, 4) is 0 Å². The Balaban J connectivity index is 4.01. The maximum atomic E-state index is 9.96. The summed E-state index contributed by atoms with van der Waals surface area (Å²) in [5.74, 6) is 0. The van der Waals surface area contributed by atoms with Gasteiger partial charge in [0.05, 0.1) is 25.2 Å². The van der Waals surface area contributed by atoms with Crippen molar-refractivity contribution in [2.24, 2.45) is 5.41 Å². The van der Waals surface area contributed by atoms with Gasteiger partial charge in [0.2, 0.25) is 0 Å². The van der Waals surface area contributed by atoms with Crippen molar-refractivity contribution in [2.45, 2.75) is 0 Å². The normalized spacial score (nSPS) is 13.2. The largest absolute Gasteiger partial charge is 0.566 e. The molecule has 0 amide bonds. The lowest BCUT2D eigenvalue weighted by Crippen LogP contribution is -2.38. The Hall–Kier alpha value is -0.100. The molecule has 0 aliphatic carbocycles. The van der Waals surface area contributed by atoms with Gasteiger partial charge >= 0.3 is 8.25 Å². The Kier molecular flexibility index (Phi) is 5.48. The van der Waals surface area contributed by atoms with E-state index >= 15 is 0 Å². The predicted octanol–water partition coefficient (Wildman–Crippen LogP) is -2.02. The maximum absolute atomic E-state index is 9.96. The summed E-state index contributed by atoms with van der Waals surface area (Å²) in [6, 6.07) is 0. The highest BCUT2D eigenvalue weighted by Gasteiger charge is 2.31. The lowest BCUT2D eigenvalue weighted by molar-refractivity contribution is -0.189. The third-order valence-corrected chi connectivity index (χ3v) is 1.82. The molecule has 0 aromatic heterocycles. The van der Waals surface area contributed by atoms with E-state index in [0.717, 1.165) is 0 Å². The second-order valence-electron chi connectivity index (χ2n) is 2.47. The zero-order valence-electron chi connectivity index (χ0n) is 6.34. The Bertz CT molecular complexity index is 137. The number of aliphatic hydroxyl groups excluding tert-OH is 3. The van der Waals surface area contributed by atoms with E-state index in [-0.39, 0.29) is 0 Å². The Morgan fingerprint density at radius 3 is 1.92 bits per heavy atom. The van der Waals surface area contributed by atoms with Gasteiger partial charge in [-0.1, -0.05) is 0 Å². The third-order valence-electron chi connectivity index (χ3n) is 1.48. The molecule has 0 aromatic carbocycles. The van der Waals surface area contributed by atoms with E-state index in [1.54, 1.807) is 0 Å². The first-order valence-corrected chi connectivity index (χ1v) is 4.29. The summed E-state index contributed by atoms with van der Waals surface area (Å²) in [5.41, 5.74) is -1.28.